The van der Waals surface area contributed by atoms with E-state index in [2.05, 4.69) is 6.07 Å². The van der Waals surface area contributed by atoms with Crippen LogP contribution in [0, 0.1) is 16.7 Å². The quantitative estimate of drug-likeness (QED) is 0.846. The van der Waals surface area contributed by atoms with E-state index in [4.69, 9.17) is 11.0 Å². The Kier molecular flexibility index (Phi) is 3.35. The standard InChI is InChI=1S/C14H16N2O2/c15-8-10-3-1-4-11(7-10)12(9-16)14(13(17)18)5-2-6-14/h1,3-4,7,12H,2,5-6,9,16H2,(H,17,18)/t12-/m1/s1. The maximum Gasteiger partial charge on any atom is 0.310 e. The number of carboxylic acids is 1. The van der Waals surface area contributed by atoms with Gasteiger partial charge in [-0.05, 0) is 30.5 Å². The number of nitrogens with two attached hydrogens (primary N) is 1. The molecule has 0 spiro atoms. The molecule has 1 aliphatic rings. The van der Waals surface area contributed by atoms with Gasteiger partial charge >= 0.3 is 5.97 Å². The summed E-state index contributed by atoms with van der Waals surface area (Å²) in [7, 11) is 0. The molecule has 0 radical (unpaired) electrons. The monoisotopic (exact) mass is 244 g/mol. The minimum Gasteiger partial charge on any atom is -0.481 e. The number of nitriles is 1. The minimum atomic E-state index is -0.772. The summed E-state index contributed by atoms with van der Waals surface area (Å²) in [5.74, 6) is -0.983. The first kappa shape index (κ1) is 12.6. The van der Waals surface area contributed by atoms with Gasteiger partial charge in [0.2, 0.25) is 0 Å². The van der Waals surface area contributed by atoms with E-state index in [0.717, 1.165) is 12.0 Å². The second-order valence-corrected chi connectivity index (χ2v) is 4.84. The van der Waals surface area contributed by atoms with Crippen LogP contribution in [-0.2, 0) is 4.79 Å². The van der Waals surface area contributed by atoms with Crippen LogP contribution in [-0.4, -0.2) is 17.6 Å². The smallest absolute Gasteiger partial charge is 0.310 e. The SMILES string of the molecule is N#Cc1cccc([C@@H](CN)C2(C(=O)O)CCC2)c1. The Hall–Kier alpha value is -1.86. The molecule has 0 unspecified atom stereocenters. The fraction of sp³-hybridized carbons (Fsp3) is 0.429. The van der Waals surface area contributed by atoms with E-state index in [1.165, 1.54) is 0 Å². The van der Waals surface area contributed by atoms with E-state index in [1.807, 2.05) is 6.07 Å². The molecule has 94 valence electrons. The third kappa shape index (κ3) is 1.87. The van der Waals surface area contributed by atoms with Crippen LogP contribution in [0.25, 0.3) is 0 Å². The lowest BCUT2D eigenvalue weighted by atomic mass is 9.59. The second kappa shape index (κ2) is 4.79. The van der Waals surface area contributed by atoms with Gasteiger partial charge in [-0.15, -0.1) is 0 Å². The van der Waals surface area contributed by atoms with Gasteiger partial charge in [-0.3, -0.25) is 4.79 Å². The van der Waals surface area contributed by atoms with Crippen LogP contribution < -0.4 is 5.73 Å². The van der Waals surface area contributed by atoms with E-state index in [9.17, 15) is 9.90 Å². The molecule has 1 aliphatic carbocycles. The highest BCUT2D eigenvalue weighted by Crippen LogP contribution is 2.51. The average molecular weight is 244 g/mol. The summed E-state index contributed by atoms with van der Waals surface area (Å²) in [6, 6.07) is 9.18. The fourth-order valence-corrected chi connectivity index (χ4v) is 2.77. The zero-order valence-corrected chi connectivity index (χ0v) is 10.1. The molecule has 1 atom stereocenters. The Morgan fingerprint density at radius 1 is 1.56 bits per heavy atom. The van der Waals surface area contributed by atoms with Crippen molar-refractivity contribution >= 4 is 5.97 Å². The van der Waals surface area contributed by atoms with Crippen molar-refractivity contribution in [3.8, 4) is 6.07 Å². The van der Waals surface area contributed by atoms with E-state index >= 15 is 0 Å². The van der Waals surface area contributed by atoms with Gasteiger partial charge in [-0.2, -0.15) is 5.26 Å². The molecule has 0 aromatic heterocycles. The highest BCUT2D eigenvalue weighted by molar-refractivity contribution is 5.77. The minimum absolute atomic E-state index is 0.211. The highest BCUT2D eigenvalue weighted by atomic mass is 16.4. The lowest BCUT2D eigenvalue weighted by Crippen LogP contribution is -2.45. The summed E-state index contributed by atoms with van der Waals surface area (Å²) in [6.07, 6.45) is 2.27. The first-order valence-electron chi connectivity index (χ1n) is 6.07. The Balaban J connectivity index is 2.39. The summed E-state index contributed by atoms with van der Waals surface area (Å²) in [5, 5.41) is 18.4. The topological polar surface area (TPSA) is 87.1 Å². The van der Waals surface area contributed by atoms with Crippen LogP contribution >= 0.6 is 0 Å². The van der Waals surface area contributed by atoms with Crippen molar-refractivity contribution in [2.45, 2.75) is 25.2 Å². The number of carbonyl (C=O) groups is 1. The molecule has 0 heterocycles. The van der Waals surface area contributed by atoms with E-state index in [1.54, 1.807) is 18.2 Å². The number of nitrogens with zero attached hydrogens (tertiary/aromatic N) is 1. The maximum atomic E-state index is 11.5. The van der Waals surface area contributed by atoms with Crippen molar-refractivity contribution in [2.75, 3.05) is 6.54 Å². The molecule has 1 fully saturated rings. The molecular formula is C14H16N2O2. The van der Waals surface area contributed by atoms with Crippen molar-refractivity contribution in [3.63, 3.8) is 0 Å². The zero-order chi connectivity index (χ0) is 13.2. The second-order valence-electron chi connectivity index (χ2n) is 4.84. The first-order chi connectivity index (χ1) is 8.64. The number of aliphatic carboxylic acids is 1. The summed E-state index contributed by atoms with van der Waals surface area (Å²) in [4.78, 5) is 11.5. The molecule has 0 amide bonds. The van der Waals surface area contributed by atoms with Crippen LogP contribution in [0.1, 0.15) is 36.3 Å². The third-order valence-corrected chi connectivity index (χ3v) is 3.99. The van der Waals surface area contributed by atoms with Crippen LogP contribution in [0.3, 0.4) is 0 Å². The van der Waals surface area contributed by atoms with Crippen LogP contribution in [0.5, 0.6) is 0 Å². The Labute approximate surface area is 106 Å². The third-order valence-electron chi connectivity index (χ3n) is 3.99. The van der Waals surface area contributed by atoms with Crippen molar-refractivity contribution in [2.24, 2.45) is 11.1 Å². The molecule has 18 heavy (non-hydrogen) atoms. The molecule has 4 nitrogen and oxygen atoms in total. The van der Waals surface area contributed by atoms with E-state index in [-0.39, 0.29) is 5.92 Å². The van der Waals surface area contributed by atoms with Crippen molar-refractivity contribution in [1.29, 1.82) is 5.26 Å². The molecule has 0 aliphatic heterocycles. The first-order valence-corrected chi connectivity index (χ1v) is 6.07. The molecule has 2 rings (SSSR count). The van der Waals surface area contributed by atoms with Gasteiger partial charge in [0, 0.05) is 12.5 Å². The molecule has 0 saturated heterocycles. The van der Waals surface area contributed by atoms with Crippen LogP contribution in [0.2, 0.25) is 0 Å². The number of hydrogen-bond acceptors (Lipinski definition) is 3. The van der Waals surface area contributed by atoms with Gasteiger partial charge in [0.05, 0.1) is 17.0 Å². The van der Waals surface area contributed by atoms with E-state index in [0.29, 0.717) is 24.9 Å². The molecule has 0 bridgehead atoms. The van der Waals surface area contributed by atoms with Gasteiger partial charge in [0.1, 0.15) is 0 Å². The van der Waals surface area contributed by atoms with Gasteiger partial charge in [0.25, 0.3) is 0 Å². The number of benzene rings is 1. The molecule has 3 N–H and O–H groups in total. The van der Waals surface area contributed by atoms with Gasteiger partial charge in [-0.1, -0.05) is 18.6 Å². The summed E-state index contributed by atoms with van der Waals surface area (Å²) < 4.78 is 0. The highest BCUT2D eigenvalue weighted by Gasteiger charge is 2.50. The molecule has 1 aromatic rings. The Morgan fingerprint density at radius 3 is 2.72 bits per heavy atom. The average Bonchev–Trinajstić information content (AvgIpc) is 2.33. The number of carboxylic acid groups (broad SMARTS) is 1. The molecular weight excluding hydrogens is 228 g/mol. The van der Waals surface area contributed by atoms with Crippen LogP contribution in [0.15, 0.2) is 24.3 Å². The van der Waals surface area contributed by atoms with Gasteiger partial charge in [0.15, 0.2) is 0 Å². The number of rotatable bonds is 4. The predicted molar refractivity (Wildman–Crippen MR) is 66.9 cm³/mol. The normalized spacial score (nSPS) is 18.4. The summed E-state index contributed by atoms with van der Waals surface area (Å²) in [5.41, 5.74) is 6.46. The van der Waals surface area contributed by atoms with Crippen LogP contribution in [0.4, 0.5) is 0 Å². The summed E-state index contributed by atoms with van der Waals surface area (Å²) >= 11 is 0. The predicted octanol–water partition coefficient (Wildman–Crippen LogP) is 1.86. The Bertz CT molecular complexity index is 501. The van der Waals surface area contributed by atoms with Crippen molar-refractivity contribution < 1.29 is 9.90 Å². The summed E-state index contributed by atoms with van der Waals surface area (Å²) in [6.45, 7) is 0.293. The largest absolute Gasteiger partial charge is 0.481 e. The van der Waals surface area contributed by atoms with Crippen molar-refractivity contribution in [3.05, 3.63) is 35.4 Å². The van der Waals surface area contributed by atoms with E-state index < -0.39 is 11.4 Å². The fourth-order valence-electron chi connectivity index (χ4n) is 2.77. The van der Waals surface area contributed by atoms with Crippen molar-refractivity contribution in [1.82, 2.24) is 0 Å². The molecule has 4 heteroatoms. The molecule has 1 saturated carbocycles. The van der Waals surface area contributed by atoms with Gasteiger partial charge < -0.3 is 10.8 Å². The lowest BCUT2D eigenvalue weighted by Gasteiger charge is -2.44. The van der Waals surface area contributed by atoms with Gasteiger partial charge in [-0.25, -0.2) is 0 Å². The maximum absolute atomic E-state index is 11.5. The zero-order valence-electron chi connectivity index (χ0n) is 10.1. The lowest BCUT2D eigenvalue weighted by molar-refractivity contribution is -0.156. The Morgan fingerprint density at radius 2 is 2.28 bits per heavy atom. The molecule has 1 aromatic carbocycles. The number of hydrogen-bond donors (Lipinski definition) is 2.